The first-order chi connectivity index (χ1) is 9.97. The third-order valence-corrected chi connectivity index (χ3v) is 3.53. The lowest BCUT2D eigenvalue weighted by atomic mass is 10.1. The Hall–Kier alpha value is -1.88. The maximum atomic E-state index is 12.0. The largest absolute Gasteiger partial charge is 0.345 e. The van der Waals surface area contributed by atoms with E-state index in [1.54, 1.807) is 26.2 Å². The predicted molar refractivity (Wildman–Crippen MR) is 83.5 cm³/mol. The summed E-state index contributed by atoms with van der Waals surface area (Å²) >= 11 is 0. The number of carbonyl (C=O) groups is 2. The molecule has 2 amide bonds. The summed E-state index contributed by atoms with van der Waals surface area (Å²) in [6.45, 7) is 2.62. The van der Waals surface area contributed by atoms with Crippen LogP contribution >= 0.6 is 0 Å². The van der Waals surface area contributed by atoms with Gasteiger partial charge in [0.15, 0.2) is 0 Å². The van der Waals surface area contributed by atoms with Crippen LogP contribution in [-0.2, 0) is 4.79 Å². The molecule has 1 saturated carbocycles. The Morgan fingerprint density at radius 3 is 2.62 bits per heavy atom. The van der Waals surface area contributed by atoms with Crippen LogP contribution in [0.5, 0.6) is 0 Å². The van der Waals surface area contributed by atoms with Crippen LogP contribution in [0, 0.1) is 6.92 Å². The summed E-state index contributed by atoms with van der Waals surface area (Å²) in [7, 11) is 3.42. The molecule has 1 aromatic rings. The molecule has 21 heavy (non-hydrogen) atoms. The molecule has 0 bridgehead atoms. The smallest absolute Gasteiger partial charge is 0.253 e. The Bertz CT molecular complexity index is 536. The molecule has 0 heterocycles. The van der Waals surface area contributed by atoms with E-state index in [1.807, 2.05) is 13.0 Å². The first-order valence-corrected chi connectivity index (χ1v) is 7.33. The molecule has 1 aliphatic carbocycles. The van der Waals surface area contributed by atoms with E-state index in [-0.39, 0.29) is 11.8 Å². The molecule has 1 aliphatic rings. The second kappa shape index (κ2) is 6.72. The van der Waals surface area contributed by atoms with Gasteiger partial charge in [-0.1, -0.05) is 6.07 Å². The van der Waals surface area contributed by atoms with Crippen LogP contribution in [0.2, 0.25) is 0 Å². The number of amides is 2. The van der Waals surface area contributed by atoms with Gasteiger partial charge in [-0.25, -0.2) is 0 Å². The van der Waals surface area contributed by atoms with Gasteiger partial charge in [0.1, 0.15) is 0 Å². The summed E-state index contributed by atoms with van der Waals surface area (Å²) in [4.78, 5) is 25.4. The summed E-state index contributed by atoms with van der Waals surface area (Å²) in [6, 6.07) is 5.99. The van der Waals surface area contributed by atoms with E-state index in [2.05, 4.69) is 10.6 Å². The average Bonchev–Trinajstić information content (AvgIpc) is 3.24. The third kappa shape index (κ3) is 4.56. The van der Waals surface area contributed by atoms with Crippen LogP contribution in [-0.4, -0.2) is 43.4 Å². The maximum absolute atomic E-state index is 12.0. The highest BCUT2D eigenvalue weighted by atomic mass is 16.2. The molecule has 0 aliphatic heterocycles. The number of hydrogen-bond acceptors (Lipinski definition) is 3. The van der Waals surface area contributed by atoms with Crippen LogP contribution in [0.15, 0.2) is 18.2 Å². The van der Waals surface area contributed by atoms with Crippen LogP contribution in [0.25, 0.3) is 0 Å². The first kappa shape index (κ1) is 15.5. The van der Waals surface area contributed by atoms with Gasteiger partial charge in [0.2, 0.25) is 5.91 Å². The molecule has 5 heteroatoms. The maximum Gasteiger partial charge on any atom is 0.253 e. The number of nitrogens with zero attached hydrogens (tertiary/aromatic N) is 1. The van der Waals surface area contributed by atoms with E-state index in [9.17, 15) is 9.59 Å². The van der Waals surface area contributed by atoms with Crippen LogP contribution in [0.1, 0.15) is 35.2 Å². The predicted octanol–water partition coefficient (Wildman–Crippen LogP) is 1.78. The van der Waals surface area contributed by atoms with Gasteiger partial charge in [-0.3, -0.25) is 9.59 Å². The average molecular weight is 289 g/mol. The van der Waals surface area contributed by atoms with Gasteiger partial charge in [-0.2, -0.15) is 0 Å². The molecule has 0 aromatic heterocycles. The molecule has 0 unspecified atom stereocenters. The van der Waals surface area contributed by atoms with Crippen LogP contribution in [0.3, 0.4) is 0 Å². The minimum atomic E-state index is -0.0686. The summed E-state index contributed by atoms with van der Waals surface area (Å²) in [5, 5.41) is 6.20. The monoisotopic (exact) mass is 289 g/mol. The Morgan fingerprint density at radius 2 is 2.00 bits per heavy atom. The Morgan fingerprint density at radius 1 is 1.29 bits per heavy atom. The lowest BCUT2D eigenvalue weighted by Crippen LogP contribution is -2.24. The number of benzene rings is 1. The van der Waals surface area contributed by atoms with Crippen molar-refractivity contribution in [2.24, 2.45) is 0 Å². The fourth-order valence-electron chi connectivity index (χ4n) is 2.04. The van der Waals surface area contributed by atoms with Crippen molar-refractivity contribution >= 4 is 17.5 Å². The minimum Gasteiger partial charge on any atom is -0.345 e. The number of aryl methyl sites for hydroxylation is 1. The normalized spacial score (nSPS) is 13.9. The van der Waals surface area contributed by atoms with E-state index in [0.29, 0.717) is 30.3 Å². The van der Waals surface area contributed by atoms with Gasteiger partial charge < -0.3 is 15.5 Å². The standard InChI is InChI=1S/C16H23N3O2/c1-11-4-5-12(16(21)19(2)3)10-14(11)18-15(20)8-9-17-13-6-7-13/h4-5,10,13,17H,6-9H2,1-3H3,(H,18,20). The van der Waals surface area contributed by atoms with Crippen molar-refractivity contribution < 1.29 is 9.59 Å². The molecule has 1 fully saturated rings. The zero-order valence-corrected chi connectivity index (χ0v) is 12.9. The summed E-state index contributed by atoms with van der Waals surface area (Å²) in [5.74, 6) is -0.0957. The summed E-state index contributed by atoms with van der Waals surface area (Å²) in [6.07, 6.45) is 2.88. The third-order valence-electron chi connectivity index (χ3n) is 3.53. The number of carbonyl (C=O) groups excluding carboxylic acids is 2. The SMILES string of the molecule is Cc1ccc(C(=O)N(C)C)cc1NC(=O)CCNC1CC1. The highest BCUT2D eigenvalue weighted by molar-refractivity contribution is 5.97. The number of hydrogen-bond donors (Lipinski definition) is 2. The van der Waals surface area contributed by atoms with Crippen molar-refractivity contribution in [1.82, 2.24) is 10.2 Å². The molecule has 5 nitrogen and oxygen atoms in total. The summed E-state index contributed by atoms with van der Waals surface area (Å²) in [5.41, 5.74) is 2.24. The van der Waals surface area contributed by atoms with Gasteiger partial charge in [0, 0.05) is 44.4 Å². The molecule has 0 radical (unpaired) electrons. The quantitative estimate of drug-likeness (QED) is 0.839. The molecule has 0 saturated heterocycles. The van der Waals surface area contributed by atoms with Gasteiger partial charge in [0.25, 0.3) is 5.91 Å². The molecular weight excluding hydrogens is 266 g/mol. The second-order valence-electron chi connectivity index (χ2n) is 5.76. The number of rotatable bonds is 6. The molecule has 0 atom stereocenters. The molecule has 1 aromatic carbocycles. The fourth-order valence-corrected chi connectivity index (χ4v) is 2.04. The Kier molecular flexibility index (Phi) is 4.96. The van der Waals surface area contributed by atoms with Gasteiger partial charge in [-0.15, -0.1) is 0 Å². The lowest BCUT2D eigenvalue weighted by molar-refractivity contribution is -0.116. The van der Waals surface area contributed by atoms with Gasteiger partial charge in [0.05, 0.1) is 0 Å². The van der Waals surface area contributed by atoms with Gasteiger partial charge >= 0.3 is 0 Å². The van der Waals surface area contributed by atoms with Crippen molar-refractivity contribution in [3.8, 4) is 0 Å². The van der Waals surface area contributed by atoms with Crippen molar-refractivity contribution in [2.45, 2.75) is 32.2 Å². The summed E-state index contributed by atoms with van der Waals surface area (Å²) < 4.78 is 0. The lowest BCUT2D eigenvalue weighted by Gasteiger charge is -2.13. The van der Waals surface area contributed by atoms with E-state index in [1.165, 1.54) is 17.7 Å². The second-order valence-corrected chi connectivity index (χ2v) is 5.76. The number of nitrogens with one attached hydrogen (secondary N) is 2. The zero-order valence-electron chi connectivity index (χ0n) is 12.9. The van der Waals surface area contributed by atoms with Gasteiger partial charge in [-0.05, 0) is 37.5 Å². The van der Waals surface area contributed by atoms with Crippen LogP contribution < -0.4 is 10.6 Å². The molecule has 0 spiro atoms. The van der Waals surface area contributed by atoms with Crippen molar-refractivity contribution in [2.75, 3.05) is 26.0 Å². The van der Waals surface area contributed by atoms with E-state index in [4.69, 9.17) is 0 Å². The van der Waals surface area contributed by atoms with Crippen LogP contribution in [0.4, 0.5) is 5.69 Å². The van der Waals surface area contributed by atoms with Crippen molar-refractivity contribution in [1.29, 1.82) is 0 Å². The molecule has 2 rings (SSSR count). The Labute approximate surface area is 125 Å². The fraction of sp³-hybridized carbons (Fsp3) is 0.500. The van der Waals surface area contributed by atoms with E-state index >= 15 is 0 Å². The zero-order chi connectivity index (χ0) is 15.4. The number of anilines is 1. The highest BCUT2D eigenvalue weighted by Crippen LogP contribution is 2.19. The van der Waals surface area contributed by atoms with Crippen molar-refractivity contribution in [3.05, 3.63) is 29.3 Å². The molecule has 114 valence electrons. The Balaban J connectivity index is 1.95. The van der Waals surface area contributed by atoms with Crippen molar-refractivity contribution in [3.63, 3.8) is 0 Å². The topological polar surface area (TPSA) is 61.4 Å². The highest BCUT2D eigenvalue weighted by Gasteiger charge is 2.20. The minimum absolute atomic E-state index is 0.0271. The first-order valence-electron chi connectivity index (χ1n) is 7.33. The molecule has 2 N–H and O–H groups in total. The molecular formula is C16H23N3O2. The van der Waals surface area contributed by atoms with E-state index < -0.39 is 0 Å². The van der Waals surface area contributed by atoms with E-state index in [0.717, 1.165) is 5.56 Å².